The van der Waals surface area contributed by atoms with E-state index >= 15 is 0 Å². The van der Waals surface area contributed by atoms with E-state index < -0.39 is 0 Å². The summed E-state index contributed by atoms with van der Waals surface area (Å²) in [5.41, 5.74) is 0. The van der Waals surface area contributed by atoms with Crippen molar-refractivity contribution < 1.29 is 9.90 Å². The summed E-state index contributed by atoms with van der Waals surface area (Å²) in [6, 6.07) is 0. The number of nitrogens with zero attached hydrogens (tertiary/aromatic N) is 1. The fourth-order valence-corrected chi connectivity index (χ4v) is 2.38. The topological polar surface area (TPSA) is 40.5 Å². The van der Waals surface area contributed by atoms with Crippen molar-refractivity contribution in [3.63, 3.8) is 0 Å². The molecule has 0 saturated heterocycles. The Morgan fingerprint density at radius 3 is 2.30 bits per heavy atom. The van der Waals surface area contributed by atoms with Gasteiger partial charge in [0.15, 0.2) is 0 Å². The maximum Gasteiger partial charge on any atom is 0.222 e. The maximum absolute atomic E-state index is 12.1. The number of amides is 1. The zero-order chi connectivity index (χ0) is 15.2. The molecular weight excluding hydrogens is 250 g/mol. The number of carbonyl (C=O) groups excluding carboxylic acids is 1. The summed E-state index contributed by atoms with van der Waals surface area (Å²) in [4.78, 5) is 14.0. The number of hydrogen-bond acceptors (Lipinski definition) is 2. The summed E-state index contributed by atoms with van der Waals surface area (Å²) in [5, 5.41) is 9.07. The zero-order valence-corrected chi connectivity index (χ0v) is 13.9. The van der Waals surface area contributed by atoms with Crippen molar-refractivity contribution in [3.8, 4) is 0 Å². The first-order valence-corrected chi connectivity index (χ1v) is 8.50. The average Bonchev–Trinajstić information content (AvgIpc) is 2.41. The highest BCUT2D eigenvalue weighted by Crippen LogP contribution is 2.11. The number of aliphatic hydroxyl groups excluding tert-OH is 1. The van der Waals surface area contributed by atoms with Gasteiger partial charge in [0.1, 0.15) is 0 Å². The van der Waals surface area contributed by atoms with Crippen LogP contribution in [0.5, 0.6) is 0 Å². The first-order chi connectivity index (χ1) is 9.61. The van der Waals surface area contributed by atoms with Gasteiger partial charge in [-0.3, -0.25) is 4.79 Å². The maximum atomic E-state index is 12.1. The van der Waals surface area contributed by atoms with Crippen LogP contribution in [0, 0.1) is 5.92 Å². The molecule has 20 heavy (non-hydrogen) atoms. The van der Waals surface area contributed by atoms with Crippen LogP contribution in [0.15, 0.2) is 0 Å². The number of rotatable bonds is 13. The molecule has 0 radical (unpaired) electrons. The van der Waals surface area contributed by atoms with Crippen molar-refractivity contribution >= 4 is 5.91 Å². The van der Waals surface area contributed by atoms with Crippen LogP contribution in [-0.4, -0.2) is 35.6 Å². The zero-order valence-electron chi connectivity index (χ0n) is 13.9. The molecule has 0 heterocycles. The minimum Gasteiger partial charge on any atom is -0.395 e. The fraction of sp³-hybridized carbons (Fsp3) is 0.941. The van der Waals surface area contributed by atoms with E-state index in [2.05, 4.69) is 20.8 Å². The molecule has 3 nitrogen and oxygen atoms in total. The second-order valence-corrected chi connectivity index (χ2v) is 6.16. The predicted octanol–water partition coefficient (Wildman–Crippen LogP) is 3.99. The van der Waals surface area contributed by atoms with Gasteiger partial charge in [-0.2, -0.15) is 0 Å². The van der Waals surface area contributed by atoms with E-state index in [1.165, 1.54) is 32.1 Å². The molecule has 1 N–H and O–H groups in total. The van der Waals surface area contributed by atoms with Crippen LogP contribution in [0.2, 0.25) is 0 Å². The van der Waals surface area contributed by atoms with Crippen molar-refractivity contribution in [1.82, 2.24) is 4.90 Å². The van der Waals surface area contributed by atoms with Gasteiger partial charge < -0.3 is 10.0 Å². The van der Waals surface area contributed by atoms with Gasteiger partial charge in [-0.25, -0.2) is 0 Å². The molecule has 0 aliphatic heterocycles. The highest BCUT2D eigenvalue weighted by Gasteiger charge is 2.11. The van der Waals surface area contributed by atoms with Crippen molar-refractivity contribution in [3.05, 3.63) is 0 Å². The molecule has 0 aliphatic rings. The van der Waals surface area contributed by atoms with Gasteiger partial charge in [0.25, 0.3) is 0 Å². The first-order valence-electron chi connectivity index (χ1n) is 8.50. The Balaban J connectivity index is 3.78. The van der Waals surface area contributed by atoms with Gasteiger partial charge in [-0.15, -0.1) is 0 Å². The number of aliphatic hydroxyl groups is 1. The fourth-order valence-electron chi connectivity index (χ4n) is 2.38. The summed E-state index contributed by atoms with van der Waals surface area (Å²) in [6.45, 7) is 8.05. The van der Waals surface area contributed by atoms with Crippen LogP contribution in [-0.2, 0) is 4.79 Å². The first kappa shape index (κ1) is 19.4. The Kier molecular flexibility index (Phi) is 13.0. The van der Waals surface area contributed by atoms with Crippen LogP contribution in [0.25, 0.3) is 0 Å². The lowest BCUT2D eigenvalue weighted by Crippen LogP contribution is -2.34. The molecular formula is C17H35NO2. The van der Waals surface area contributed by atoms with Gasteiger partial charge in [-0.05, 0) is 18.8 Å². The lowest BCUT2D eigenvalue weighted by molar-refractivity contribution is -0.131. The summed E-state index contributed by atoms with van der Waals surface area (Å²) < 4.78 is 0. The average molecular weight is 285 g/mol. The summed E-state index contributed by atoms with van der Waals surface area (Å²) >= 11 is 0. The van der Waals surface area contributed by atoms with Gasteiger partial charge >= 0.3 is 0 Å². The van der Waals surface area contributed by atoms with Gasteiger partial charge in [0, 0.05) is 19.5 Å². The molecule has 0 bridgehead atoms. The Morgan fingerprint density at radius 2 is 1.70 bits per heavy atom. The van der Waals surface area contributed by atoms with E-state index in [1.807, 2.05) is 4.90 Å². The molecule has 0 aromatic rings. The lowest BCUT2D eigenvalue weighted by Gasteiger charge is -2.21. The molecule has 0 unspecified atom stereocenters. The lowest BCUT2D eigenvalue weighted by atomic mass is 10.0. The van der Waals surface area contributed by atoms with Gasteiger partial charge in [0.2, 0.25) is 5.91 Å². The van der Waals surface area contributed by atoms with Crippen molar-refractivity contribution in [2.45, 2.75) is 78.6 Å². The molecule has 0 aromatic carbocycles. The Morgan fingerprint density at radius 1 is 1.00 bits per heavy atom. The molecule has 1 amide bonds. The normalized spacial score (nSPS) is 11.1. The van der Waals surface area contributed by atoms with Crippen LogP contribution < -0.4 is 0 Å². The molecule has 0 fully saturated rings. The number of unbranched alkanes of at least 4 members (excludes halogenated alkanes) is 5. The summed E-state index contributed by atoms with van der Waals surface area (Å²) in [7, 11) is 0. The Hall–Kier alpha value is -0.570. The molecule has 3 heteroatoms. The largest absolute Gasteiger partial charge is 0.395 e. The highest BCUT2D eigenvalue weighted by molar-refractivity contribution is 5.76. The van der Waals surface area contributed by atoms with E-state index in [1.54, 1.807) is 0 Å². The molecule has 0 atom stereocenters. The molecule has 120 valence electrons. The van der Waals surface area contributed by atoms with Crippen molar-refractivity contribution in [2.24, 2.45) is 5.92 Å². The second-order valence-electron chi connectivity index (χ2n) is 6.16. The van der Waals surface area contributed by atoms with E-state index in [9.17, 15) is 4.79 Å². The SMILES string of the molecule is CCCCCCN(CCO)C(=O)CCCCCC(C)C. The van der Waals surface area contributed by atoms with Crippen molar-refractivity contribution in [2.75, 3.05) is 19.7 Å². The highest BCUT2D eigenvalue weighted by atomic mass is 16.3. The van der Waals surface area contributed by atoms with E-state index in [-0.39, 0.29) is 12.5 Å². The number of hydrogen-bond donors (Lipinski definition) is 1. The standard InChI is InChI=1S/C17H35NO2/c1-4-5-6-10-13-18(14-15-19)17(20)12-9-7-8-11-16(2)3/h16,19H,4-15H2,1-3H3. The number of carbonyl (C=O) groups is 1. The predicted molar refractivity (Wildman–Crippen MR) is 85.7 cm³/mol. The summed E-state index contributed by atoms with van der Waals surface area (Å²) in [5.74, 6) is 0.982. The van der Waals surface area contributed by atoms with Gasteiger partial charge in [0.05, 0.1) is 6.61 Å². The molecule has 0 rings (SSSR count). The summed E-state index contributed by atoms with van der Waals surface area (Å²) in [6.07, 6.45) is 9.95. The third-order valence-electron chi connectivity index (χ3n) is 3.68. The van der Waals surface area contributed by atoms with E-state index in [0.717, 1.165) is 31.7 Å². The Labute approximate surface area is 125 Å². The van der Waals surface area contributed by atoms with Gasteiger partial charge in [-0.1, -0.05) is 59.3 Å². The monoisotopic (exact) mass is 285 g/mol. The molecule has 0 spiro atoms. The molecule has 0 aromatic heterocycles. The minimum atomic E-state index is 0.0763. The third-order valence-corrected chi connectivity index (χ3v) is 3.68. The minimum absolute atomic E-state index is 0.0763. The third kappa shape index (κ3) is 11.3. The molecule has 0 aliphatic carbocycles. The van der Waals surface area contributed by atoms with E-state index in [4.69, 9.17) is 5.11 Å². The van der Waals surface area contributed by atoms with E-state index in [0.29, 0.717) is 13.0 Å². The van der Waals surface area contributed by atoms with Crippen LogP contribution in [0.4, 0.5) is 0 Å². The second kappa shape index (κ2) is 13.4. The van der Waals surface area contributed by atoms with Crippen LogP contribution >= 0.6 is 0 Å². The quantitative estimate of drug-likeness (QED) is 0.520. The van der Waals surface area contributed by atoms with Crippen molar-refractivity contribution in [1.29, 1.82) is 0 Å². The molecule has 0 saturated carbocycles. The Bertz CT molecular complexity index is 229. The van der Waals surface area contributed by atoms with Crippen LogP contribution in [0.1, 0.15) is 78.6 Å². The smallest absolute Gasteiger partial charge is 0.222 e. The van der Waals surface area contributed by atoms with Crippen LogP contribution in [0.3, 0.4) is 0 Å².